The van der Waals surface area contributed by atoms with E-state index >= 15 is 0 Å². The Bertz CT molecular complexity index is 678. The first-order chi connectivity index (χ1) is 11.1. The van der Waals surface area contributed by atoms with E-state index in [9.17, 15) is 9.59 Å². The van der Waals surface area contributed by atoms with Crippen LogP contribution in [0.4, 0.5) is 5.69 Å². The summed E-state index contributed by atoms with van der Waals surface area (Å²) in [5, 5.41) is 2.73. The Labute approximate surface area is 136 Å². The zero-order valence-corrected chi connectivity index (χ0v) is 13.2. The van der Waals surface area contributed by atoms with Crippen LogP contribution < -0.4 is 10.2 Å². The third-order valence-electron chi connectivity index (χ3n) is 3.37. The van der Waals surface area contributed by atoms with Gasteiger partial charge in [-0.2, -0.15) is 0 Å². The van der Waals surface area contributed by atoms with Crippen molar-refractivity contribution < 1.29 is 9.59 Å². The maximum absolute atomic E-state index is 12.7. The van der Waals surface area contributed by atoms with Crippen LogP contribution in [0, 0.1) is 0 Å². The Kier molecular flexibility index (Phi) is 5.69. The van der Waals surface area contributed by atoms with E-state index in [1.807, 2.05) is 42.5 Å². The molecule has 4 nitrogen and oxygen atoms in total. The van der Waals surface area contributed by atoms with Gasteiger partial charge < -0.3 is 10.2 Å². The van der Waals surface area contributed by atoms with Crippen LogP contribution >= 0.6 is 0 Å². The zero-order valence-electron chi connectivity index (χ0n) is 13.2. The fourth-order valence-corrected chi connectivity index (χ4v) is 2.19. The summed E-state index contributed by atoms with van der Waals surface area (Å²) in [5.41, 5.74) is 2.38. The number of anilines is 1. The number of nitrogens with one attached hydrogen (secondary N) is 1. The highest BCUT2D eigenvalue weighted by Gasteiger charge is 2.16. The van der Waals surface area contributed by atoms with Crippen molar-refractivity contribution in [1.29, 1.82) is 0 Å². The summed E-state index contributed by atoms with van der Waals surface area (Å²) in [7, 11) is 0. The average Bonchev–Trinajstić information content (AvgIpc) is 2.58. The van der Waals surface area contributed by atoms with E-state index in [1.54, 1.807) is 23.1 Å². The zero-order chi connectivity index (χ0) is 16.7. The number of para-hydroxylation sites is 1. The van der Waals surface area contributed by atoms with Crippen LogP contribution in [0.15, 0.2) is 67.3 Å². The van der Waals surface area contributed by atoms with Gasteiger partial charge in [-0.3, -0.25) is 9.59 Å². The molecule has 2 amide bonds. The average molecular weight is 308 g/mol. The maximum Gasteiger partial charge on any atom is 0.258 e. The molecule has 0 aliphatic heterocycles. The number of nitrogens with zero attached hydrogens (tertiary/aromatic N) is 1. The quantitative estimate of drug-likeness (QED) is 0.833. The predicted molar refractivity (Wildman–Crippen MR) is 92.3 cm³/mol. The topological polar surface area (TPSA) is 49.4 Å². The molecule has 0 atom stereocenters. The maximum atomic E-state index is 12.7. The molecule has 0 fully saturated rings. The Balaban J connectivity index is 2.16. The molecule has 0 saturated heterocycles. The largest absolute Gasteiger partial charge is 0.352 e. The molecule has 0 heterocycles. The minimum atomic E-state index is -0.0813. The van der Waals surface area contributed by atoms with Gasteiger partial charge in [0, 0.05) is 31.3 Å². The van der Waals surface area contributed by atoms with Gasteiger partial charge in [0.2, 0.25) is 5.91 Å². The minimum absolute atomic E-state index is 0.0774. The summed E-state index contributed by atoms with van der Waals surface area (Å²) >= 11 is 0. The van der Waals surface area contributed by atoms with Crippen molar-refractivity contribution in [2.75, 3.05) is 11.4 Å². The molecular weight excluding hydrogens is 288 g/mol. The molecule has 1 N–H and O–H groups in total. The summed E-state index contributed by atoms with van der Waals surface area (Å²) in [6.07, 6.45) is 1.70. The summed E-state index contributed by atoms with van der Waals surface area (Å²) in [6, 6.07) is 16.7. The fourth-order valence-electron chi connectivity index (χ4n) is 2.19. The molecule has 0 aliphatic carbocycles. The lowest BCUT2D eigenvalue weighted by atomic mass is 10.1. The van der Waals surface area contributed by atoms with Crippen LogP contribution in [0.1, 0.15) is 22.8 Å². The molecular formula is C19H20N2O2. The molecule has 4 heteroatoms. The first-order valence-corrected chi connectivity index (χ1v) is 7.43. The second kappa shape index (κ2) is 7.94. The van der Waals surface area contributed by atoms with Crippen LogP contribution in [0.5, 0.6) is 0 Å². The van der Waals surface area contributed by atoms with Gasteiger partial charge in [-0.25, -0.2) is 0 Å². The van der Waals surface area contributed by atoms with Gasteiger partial charge in [0.1, 0.15) is 0 Å². The van der Waals surface area contributed by atoms with Gasteiger partial charge >= 0.3 is 0 Å². The molecule has 118 valence electrons. The highest BCUT2D eigenvalue weighted by atomic mass is 16.2. The van der Waals surface area contributed by atoms with E-state index < -0.39 is 0 Å². The Hall–Kier alpha value is -2.88. The van der Waals surface area contributed by atoms with Crippen molar-refractivity contribution >= 4 is 17.5 Å². The van der Waals surface area contributed by atoms with Crippen molar-refractivity contribution in [2.45, 2.75) is 13.5 Å². The first kappa shape index (κ1) is 16.5. The van der Waals surface area contributed by atoms with Crippen molar-refractivity contribution in [3.63, 3.8) is 0 Å². The van der Waals surface area contributed by atoms with Crippen molar-refractivity contribution in [2.24, 2.45) is 0 Å². The Morgan fingerprint density at radius 1 is 1.09 bits per heavy atom. The molecule has 0 radical (unpaired) electrons. The lowest BCUT2D eigenvalue weighted by Crippen LogP contribution is -2.31. The Morgan fingerprint density at radius 2 is 1.74 bits per heavy atom. The van der Waals surface area contributed by atoms with Crippen LogP contribution in [0.3, 0.4) is 0 Å². The number of hydrogen-bond acceptors (Lipinski definition) is 2. The van der Waals surface area contributed by atoms with E-state index in [0.29, 0.717) is 18.7 Å². The minimum Gasteiger partial charge on any atom is -0.352 e. The Morgan fingerprint density at radius 3 is 2.30 bits per heavy atom. The standard InChI is InChI=1S/C19H20N2O2/c1-3-13-21(18-7-5-4-6-8-18)19(23)17-11-9-16(10-12-17)14-20-15(2)22/h3-12H,1,13-14H2,2H3,(H,20,22). The first-order valence-electron chi connectivity index (χ1n) is 7.43. The molecule has 2 rings (SSSR count). The van der Waals surface area contributed by atoms with Gasteiger partial charge in [-0.05, 0) is 29.8 Å². The molecule has 0 unspecified atom stereocenters. The molecule has 0 spiro atoms. The van der Waals surface area contributed by atoms with Gasteiger partial charge in [0.25, 0.3) is 5.91 Å². The van der Waals surface area contributed by atoms with Crippen LogP contribution in [-0.2, 0) is 11.3 Å². The van der Waals surface area contributed by atoms with E-state index in [1.165, 1.54) is 6.92 Å². The second-order valence-corrected chi connectivity index (χ2v) is 5.15. The number of carbonyl (C=O) groups excluding carboxylic acids is 2. The molecule has 0 aliphatic rings. The summed E-state index contributed by atoms with van der Waals surface area (Å²) < 4.78 is 0. The van der Waals surface area contributed by atoms with Crippen molar-refractivity contribution in [3.05, 3.63) is 78.4 Å². The van der Waals surface area contributed by atoms with Gasteiger partial charge in [-0.15, -0.1) is 6.58 Å². The van der Waals surface area contributed by atoms with Crippen LogP contribution in [0.25, 0.3) is 0 Å². The van der Waals surface area contributed by atoms with E-state index in [-0.39, 0.29) is 11.8 Å². The molecule has 2 aromatic carbocycles. The number of amides is 2. The predicted octanol–water partition coefficient (Wildman–Crippen LogP) is 3.16. The number of carbonyl (C=O) groups is 2. The smallest absolute Gasteiger partial charge is 0.258 e. The second-order valence-electron chi connectivity index (χ2n) is 5.15. The van der Waals surface area contributed by atoms with E-state index in [4.69, 9.17) is 0 Å². The van der Waals surface area contributed by atoms with Gasteiger partial charge in [0.05, 0.1) is 0 Å². The normalized spacial score (nSPS) is 9.96. The van der Waals surface area contributed by atoms with E-state index in [2.05, 4.69) is 11.9 Å². The highest BCUT2D eigenvalue weighted by molar-refractivity contribution is 6.06. The monoisotopic (exact) mass is 308 g/mol. The lowest BCUT2D eigenvalue weighted by molar-refractivity contribution is -0.119. The van der Waals surface area contributed by atoms with Crippen molar-refractivity contribution in [3.8, 4) is 0 Å². The van der Waals surface area contributed by atoms with Gasteiger partial charge in [-0.1, -0.05) is 36.4 Å². The number of benzene rings is 2. The lowest BCUT2D eigenvalue weighted by Gasteiger charge is -2.21. The SMILES string of the molecule is C=CCN(C(=O)c1ccc(CNC(C)=O)cc1)c1ccccc1. The third kappa shape index (κ3) is 4.54. The fraction of sp³-hybridized carbons (Fsp3) is 0.158. The summed E-state index contributed by atoms with van der Waals surface area (Å²) in [5.74, 6) is -0.159. The third-order valence-corrected chi connectivity index (χ3v) is 3.37. The molecule has 0 saturated carbocycles. The van der Waals surface area contributed by atoms with Gasteiger partial charge in [0.15, 0.2) is 0 Å². The molecule has 2 aromatic rings. The van der Waals surface area contributed by atoms with Crippen LogP contribution in [-0.4, -0.2) is 18.4 Å². The number of rotatable bonds is 6. The van der Waals surface area contributed by atoms with E-state index in [0.717, 1.165) is 11.3 Å². The highest BCUT2D eigenvalue weighted by Crippen LogP contribution is 2.17. The number of hydrogen-bond donors (Lipinski definition) is 1. The summed E-state index contributed by atoms with van der Waals surface area (Å²) in [4.78, 5) is 25.3. The van der Waals surface area contributed by atoms with Crippen LogP contribution in [0.2, 0.25) is 0 Å². The molecule has 0 aromatic heterocycles. The van der Waals surface area contributed by atoms with Crippen molar-refractivity contribution in [1.82, 2.24) is 5.32 Å². The molecule has 23 heavy (non-hydrogen) atoms. The summed E-state index contributed by atoms with van der Waals surface area (Å²) in [6.45, 7) is 6.10. The molecule has 0 bridgehead atoms.